The molecule has 0 unspecified atom stereocenters. The summed E-state index contributed by atoms with van der Waals surface area (Å²) in [5.41, 5.74) is 7.47. The SMILES string of the molecule is NC(=O)[C@@H](c1ccccc1)N(C(=O)c1ccns1)[C@@H]1CCc2c(F)cc(Cl)cc21. The molecule has 0 aliphatic heterocycles. The zero-order valence-electron chi connectivity index (χ0n) is 15.2. The molecule has 5 nitrogen and oxygen atoms in total. The first-order valence-corrected chi connectivity index (χ1v) is 10.2. The van der Waals surface area contributed by atoms with Crippen LogP contribution in [-0.4, -0.2) is 21.1 Å². The first-order valence-electron chi connectivity index (χ1n) is 9.03. The summed E-state index contributed by atoms with van der Waals surface area (Å²) in [6, 6.07) is 11.8. The summed E-state index contributed by atoms with van der Waals surface area (Å²) in [6.07, 6.45) is 2.43. The molecule has 2 amide bonds. The summed E-state index contributed by atoms with van der Waals surface area (Å²) in [4.78, 5) is 27.8. The molecule has 1 aromatic heterocycles. The van der Waals surface area contributed by atoms with Crippen molar-refractivity contribution >= 4 is 34.9 Å². The summed E-state index contributed by atoms with van der Waals surface area (Å²) < 4.78 is 18.5. The molecule has 0 spiro atoms. The van der Waals surface area contributed by atoms with Crippen molar-refractivity contribution < 1.29 is 14.0 Å². The third kappa shape index (κ3) is 3.63. The van der Waals surface area contributed by atoms with Crippen LogP contribution in [0.2, 0.25) is 5.02 Å². The van der Waals surface area contributed by atoms with E-state index in [0.717, 1.165) is 11.5 Å². The molecule has 2 N–H and O–H groups in total. The van der Waals surface area contributed by atoms with Gasteiger partial charge in [-0.05, 0) is 59.3 Å². The van der Waals surface area contributed by atoms with Crippen molar-refractivity contribution in [2.24, 2.45) is 5.73 Å². The number of carbonyl (C=O) groups is 2. The fraction of sp³-hybridized carbons (Fsp3) is 0.190. The quantitative estimate of drug-likeness (QED) is 0.657. The number of nitrogens with zero attached hydrogens (tertiary/aromatic N) is 2. The number of benzene rings is 2. The predicted octanol–water partition coefficient (Wildman–Crippen LogP) is 4.29. The van der Waals surface area contributed by atoms with Gasteiger partial charge in [0, 0.05) is 11.2 Å². The molecular formula is C21H17ClFN3O2S. The van der Waals surface area contributed by atoms with Crippen LogP contribution in [0.25, 0.3) is 0 Å². The van der Waals surface area contributed by atoms with Gasteiger partial charge in [0.25, 0.3) is 5.91 Å². The molecule has 2 aromatic carbocycles. The highest BCUT2D eigenvalue weighted by Gasteiger charge is 2.40. The summed E-state index contributed by atoms with van der Waals surface area (Å²) in [7, 11) is 0. The second-order valence-corrected chi connectivity index (χ2v) is 8.08. The Labute approximate surface area is 176 Å². The Kier molecular flexibility index (Phi) is 5.34. The lowest BCUT2D eigenvalue weighted by atomic mass is 9.99. The zero-order chi connectivity index (χ0) is 20.5. The van der Waals surface area contributed by atoms with Gasteiger partial charge in [-0.2, -0.15) is 0 Å². The Balaban J connectivity index is 1.87. The van der Waals surface area contributed by atoms with E-state index in [2.05, 4.69) is 4.37 Å². The molecule has 148 valence electrons. The van der Waals surface area contributed by atoms with Crippen LogP contribution in [0.4, 0.5) is 4.39 Å². The first-order chi connectivity index (χ1) is 14.0. The van der Waals surface area contributed by atoms with Crippen LogP contribution in [0.5, 0.6) is 0 Å². The van der Waals surface area contributed by atoms with Gasteiger partial charge in [-0.3, -0.25) is 9.59 Å². The number of aromatic nitrogens is 1. The fourth-order valence-electron chi connectivity index (χ4n) is 3.90. The molecule has 2 atom stereocenters. The number of rotatable bonds is 5. The molecule has 1 heterocycles. The van der Waals surface area contributed by atoms with E-state index in [-0.39, 0.29) is 10.9 Å². The van der Waals surface area contributed by atoms with Crippen LogP contribution in [0.15, 0.2) is 54.7 Å². The third-order valence-electron chi connectivity index (χ3n) is 5.10. The standard InChI is InChI=1S/C21H17ClFN3O2S/c22-13-10-15-14(16(23)11-13)6-7-17(15)26(21(28)18-8-9-25-29-18)19(20(24)27)12-4-2-1-3-5-12/h1-5,8-11,17,19H,6-7H2,(H2,24,27)/t17-,19-/m1/s1. The summed E-state index contributed by atoms with van der Waals surface area (Å²) >= 11 is 7.13. The average Bonchev–Trinajstić information content (AvgIpc) is 3.36. The number of carbonyl (C=O) groups excluding carboxylic acids is 2. The van der Waals surface area contributed by atoms with Gasteiger partial charge in [0.1, 0.15) is 16.7 Å². The van der Waals surface area contributed by atoms with Crippen molar-refractivity contribution in [2.45, 2.75) is 24.9 Å². The molecule has 1 aliphatic carbocycles. The normalized spacial score (nSPS) is 16.3. The van der Waals surface area contributed by atoms with E-state index in [1.807, 2.05) is 6.07 Å². The van der Waals surface area contributed by atoms with Crippen molar-refractivity contribution in [2.75, 3.05) is 0 Å². The molecule has 4 rings (SSSR count). The number of fused-ring (bicyclic) bond motifs is 1. The largest absolute Gasteiger partial charge is 0.368 e. The minimum atomic E-state index is -1.01. The maximum Gasteiger partial charge on any atom is 0.267 e. The average molecular weight is 430 g/mol. The highest BCUT2D eigenvalue weighted by molar-refractivity contribution is 7.08. The molecule has 3 aromatic rings. The summed E-state index contributed by atoms with van der Waals surface area (Å²) in [5, 5.41) is 0.244. The van der Waals surface area contributed by atoms with Crippen molar-refractivity contribution in [3.8, 4) is 0 Å². The Morgan fingerprint density at radius 3 is 2.66 bits per heavy atom. The van der Waals surface area contributed by atoms with Gasteiger partial charge in [-0.1, -0.05) is 41.9 Å². The lowest BCUT2D eigenvalue weighted by molar-refractivity contribution is -0.123. The van der Waals surface area contributed by atoms with E-state index in [1.165, 1.54) is 17.2 Å². The van der Waals surface area contributed by atoms with Crippen molar-refractivity contribution in [1.82, 2.24) is 9.27 Å². The molecule has 0 bridgehead atoms. The van der Waals surface area contributed by atoms with E-state index in [4.69, 9.17) is 17.3 Å². The van der Waals surface area contributed by atoms with Crippen molar-refractivity contribution in [1.29, 1.82) is 0 Å². The first kappa shape index (κ1) is 19.5. The topological polar surface area (TPSA) is 76.3 Å². The molecular weight excluding hydrogens is 413 g/mol. The smallest absolute Gasteiger partial charge is 0.267 e. The van der Waals surface area contributed by atoms with Crippen LogP contribution in [-0.2, 0) is 11.2 Å². The number of hydrogen-bond acceptors (Lipinski definition) is 4. The Hall–Kier alpha value is -2.77. The van der Waals surface area contributed by atoms with Crippen molar-refractivity contribution in [3.63, 3.8) is 0 Å². The maximum absolute atomic E-state index is 14.5. The van der Waals surface area contributed by atoms with E-state index in [9.17, 15) is 14.0 Å². The molecule has 8 heteroatoms. The van der Waals surface area contributed by atoms with Gasteiger partial charge in [-0.25, -0.2) is 8.76 Å². The monoisotopic (exact) mass is 429 g/mol. The molecule has 1 aliphatic rings. The second-order valence-electron chi connectivity index (χ2n) is 6.81. The minimum Gasteiger partial charge on any atom is -0.368 e. The summed E-state index contributed by atoms with van der Waals surface area (Å²) in [6.45, 7) is 0. The molecule has 29 heavy (non-hydrogen) atoms. The van der Waals surface area contributed by atoms with Gasteiger partial charge in [0.05, 0.1) is 6.04 Å². The molecule has 0 radical (unpaired) electrons. The van der Waals surface area contributed by atoms with Crippen LogP contribution < -0.4 is 5.73 Å². The zero-order valence-corrected chi connectivity index (χ0v) is 16.8. The highest BCUT2D eigenvalue weighted by Crippen LogP contribution is 2.43. The van der Waals surface area contributed by atoms with E-state index in [1.54, 1.807) is 36.4 Å². The van der Waals surface area contributed by atoms with Crippen LogP contribution >= 0.6 is 23.1 Å². The van der Waals surface area contributed by atoms with Gasteiger partial charge >= 0.3 is 0 Å². The van der Waals surface area contributed by atoms with E-state index in [0.29, 0.717) is 34.4 Å². The second kappa shape index (κ2) is 7.93. The molecule has 0 saturated carbocycles. The molecule has 0 saturated heterocycles. The highest BCUT2D eigenvalue weighted by atomic mass is 35.5. The summed E-state index contributed by atoms with van der Waals surface area (Å²) in [5.74, 6) is -1.45. The lowest BCUT2D eigenvalue weighted by Crippen LogP contribution is -2.43. The number of primary amides is 1. The number of hydrogen-bond donors (Lipinski definition) is 1. The number of nitrogens with two attached hydrogens (primary N) is 1. The van der Waals surface area contributed by atoms with Crippen LogP contribution in [0.3, 0.4) is 0 Å². The third-order valence-corrected chi connectivity index (χ3v) is 6.06. The van der Waals surface area contributed by atoms with Gasteiger partial charge < -0.3 is 10.6 Å². The van der Waals surface area contributed by atoms with Gasteiger partial charge in [0.2, 0.25) is 5.91 Å². The Bertz CT molecular complexity index is 1060. The Morgan fingerprint density at radius 1 is 1.24 bits per heavy atom. The number of halogens is 2. The van der Waals surface area contributed by atoms with E-state index >= 15 is 0 Å². The fourth-order valence-corrected chi connectivity index (χ4v) is 4.65. The van der Waals surface area contributed by atoms with Crippen LogP contribution in [0, 0.1) is 5.82 Å². The Morgan fingerprint density at radius 2 is 2.00 bits per heavy atom. The number of amides is 2. The van der Waals surface area contributed by atoms with Crippen molar-refractivity contribution in [3.05, 3.63) is 87.1 Å². The van der Waals surface area contributed by atoms with Gasteiger partial charge in [-0.15, -0.1) is 0 Å². The van der Waals surface area contributed by atoms with E-state index < -0.39 is 23.8 Å². The van der Waals surface area contributed by atoms with Gasteiger partial charge in [0.15, 0.2) is 0 Å². The lowest BCUT2D eigenvalue weighted by Gasteiger charge is -2.35. The maximum atomic E-state index is 14.5. The van der Waals surface area contributed by atoms with Crippen LogP contribution in [0.1, 0.15) is 44.9 Å². The predicted molar refractivity (Wildman–Crippen MR) is 109 cm³/mol. The molecule has 0 fully saturated rings. The minimum absolute atomic E-state index is 0.244.